The number of piperidine rings is 1. The van der Waals surface area contributed by atoms with Gasteiger partial charge >= 0.3 is 5.97 Å². The Balaban J connectivity index is 1.78. The lowest BCUT2D eigenvalue weighted by Crippen LogP contribution is -2.48. The first-order chi connectivity index (χ1) is 12.4. The molecular weight excluding hydrogens is 332 g/mol. The molecule has 6 heteroatoms. The number of hydrogen-bond acceptors (Lipinski definition) is 5. The molecule has 26 heavy (non-hydrogen) atoms. The number of carbonyl (C=O) groups excluding carboxylic acids is 3. The van der Waals surface area contributed by atoms with Gasteiger partial charge in [0, 0.05) is 6.54 Å². The number of rotatable bonds is 4. The van der Waals surface area contributed by atoms with Crippen molar-refractivity contribution in [3.05, 3.63) is 29.3 Å². The summed E-state index contributed by atoms with van der Waals surface area (Å²) in [7, 11) is 0. The van der Waals surface area contributed by atoms with E-state index in [1.165, 1.54) is 4.90 Å². The molecule has 0 saturated carbocycles. The van der Waals surface area contributed by atoms with Crippen LogP contribution in [-0.4, -0.2) is 48.4 Å². The zero-order valence-electron chi connectivity index (χ0n) is 15.7. The van der Waals surface area contributed by atoms with Crippen LogP contribution in [0.4, 0.5) is 5.69 Å². The minimum Gasteiger partial charge on any atom is -0.466 e. The lowest BCUT2D eigenvalue weighted by molar-refractivity contribution is -0.150. The van der Waals surface area contributed by atoms with Crippen molar-refractivity contribution < 1.29 is 19.1 Å². The second-order valence-electron chi connectivity index (χ2n) is 7.16. The summed E-state index contributed by atoms with van der Waals surface area (Å²) in [6.45, 7) is 7.19. The van der Waals surface area contributed by atoms with Gasteiger partial charge in [0.25, 0.3) is 5.91 Å². The molecule has 6 nitrogen and oxygen atoms in total. The van der Waals surface area contributed by atoms with Crippen LogP contribution in [0.25, 0.3) is 0 Å². The second-order valence-corrected chi connectivity index (χ2v) is 7.16. The summed E-state index contributed by atoms with van der Waals surface area (Å²) in [5.74, 6) is -0.790. The van der Waals surface area contributed by atoms with E-state index in [4.69, 9.17) is 4.74 Å². The van der Waals surface area contributed by atoms with Crippen LogP contribution in [-0.2, 0) is 19.1 Å². The largest absolute Gasteiger partial charge is 0.466 e. The van der Waals surface area contributed by atoms with Crippen molar-refractivity contribution >= 4 is 23.5 Å². The van der Waals surface area contributed by atoms with Gasteiger partial charge in [0.15, 0.2) is 0 Å². The maximum atomic E-state index is 13.0. The fraction of sp³-hybridized carbons (Fsp3) is 0.550. The molecule has 2 aliphatic rings. The van der Waals surface area contributed by atoms with Crippen LogP contribution in [0.3, 0.4) is 0 Å². The minimum absolute atomic E-state index is 0.168. The van der Waals surface area contributed by atoms with Crippen molar-refractivity contribution in [2.24, 2.45) is 5.92 Å². The summed E-state index contributed by atoms with van der Waals surface area (Å²) in [4.78, 5) is 41.0. The molecule has 0 aliphatic carbocycles. The Hall–Kier alpha value is -2.21. The van der Waals surface area contributed by atoms with Crippen molar-refractivity contribution in [2.45, 2.75) is 46.1 Å². The van der Waals surface area contributed by atoms with Gasteiger partial charge in [-0.1, -0.05) is 12.1 Å². The van der Waals surface area contributed by atoms with E-state index in [0.29, 0.717) is 18.8 Å². The van der Waals surface area contributed by atoms with Crippen molar-refractivity contribution in [1.29, 1.82) is 0 Å². The van der Waals surface area contributed by atoms with Crippen LogP contribution in [0.2, 0.25) is 0 Å². The van der Waals surface area contributed by atoms with Gasteiger partial charge in [0.1, 0.15) is 0 Å². The van der Waals surface area contributed by atoms with Crippen LogP contribution in [0, 0.1) is 19.8 Å². The number of imide groups is 1. The molecule has 0 aromatic heterocycles. The maximum Gasteiger partial charge on any atom is 0.310 e. The highest BCUT2D eigenvalue weighted by Crippen LogP contribution is 2.31. The van der Waals surface area contributed by atoms with Gasteiger partial charge < -0.3 is 4.74 Å². The summed E-state index contributed by atoms with van der Waals surface area (Å²) >= 11 is 0. The van der Waals surface area contributed by atoms with Gasteiger partial charge in [-0.3, -0.25) is 19.3 Å². The summed E-state index contributed by atoms with van der Waals surface area (Å²) in [6, 6.07) is 5.29. The smallest absolute Gasteiger partial charge is 0.310 e. The van der Waals surface area contributed by atoms with Gasteiger partial charge in [-0.2, -0.15) is 0 Å². The Morgan fingerprint density at radius 3 is 2.77 bits per heavy atom. The van der Waals surface area contributed by atoms with Crippen LogP contribution in [0.1, 0.15) is 37.3 Å². The van der Waals surface area contributed by atoms with Gasteiger partial charge in [-0.15, -0.1) is 0 Å². The Morgan fingerprint density at radius 1 is 1.27 bits per heavy atom. The van der Waals surface area contributed by atoms with E-state index in [0.717, 1.165) is 30.5 Å². The second kappa shape index (κ2) is 7.58. The predicted octanol–water partition coefficient (Wildman–Crippen LogP) is 2.21. The maximum absolute atomic E-state index is 13.0. The third-order valence-electron chi connectivity index (χ3n) is 5.24. The monoisotopic (exact) mass is 358 g/mol. The Morgan fingerprint density at radius 2 is 2.04 bits per heavy atom. The minimum atomic E-state index is -0.486. The molecule has 2 atom stereocenters. The van der Waals surface area contributed by atoms with E-state index in [-0.39, 0.29) is 30.1 Å². The highest BCUT2D eigenvalue weighted by Gasteiger charge is 2.44. The first kappa shape index (κ1) is 18.6. The molecule has 0 spiro atoms. The highest BCUT2D eigenvalue weighted by molar-refractivity contribution is 6.22. The summed E-state index contributed by atoms with van der Waals surface area (Å²) < 4.78 is 5.13. The zero-order chi connectivity index (χ0) is 18.8. The quantitative estimate of drug-likeness (QED) is 0.610. The van der Waals surface area contributed by atoms with Crippen LogP contribution < -0.4 is 4.90 Å². The summed E-state index contributed by atoms with van der Waals surface area (Å²) in [5, 5.41) is 0. The number of benzene rings is 1. The van der Waals surface area contributed by atoms with Crippen molar-refractivity contribution in [3.63, 3.8) is 0 Å². The van der Waals surface area contributed by atoms with Gasteiger partial charge in [0.05, 0.1) is 30.7 Å². The Kier molecular flexibility index (Phi) is 5.41. The first-order valence-corrected chi connectivity index (χ1v) is 9.27. The number of amides is 2. The number of nitrogens with zero attached hydrogens (tertiary/aromatic N) is 2. The molecule has 0 radical (unpaired) electrons. The van der Waals surface area contributed by atoms with E-state index < -0.39 is 6.04 Å². The molecule has 0 bridgehead atoms. The third kappa shape index (κ3) is 3.51. The Labute approximate surface area is 154 Å². The number of ether oxygens (including phenoxy) is 1. The lowest BCUT2D eigenvalue weighted by Gasteiger charge is -2.34. The molecule has 2 saturated heterocycles. The van der Waals surface area contributed by atoms with E-state index in [1.807, 2.05) is 36.9 Å². The SMILES string of the molecule is CCOC(=O)C1CCCN(C2CC(=O)N(c3cc(C)ccc3C)C2=O)C1. The molecule has 0 N–H and O–H groups in total. The molecule has 2 heterocycles. The fourth-order valence-corrected chi connectivity index (χ4v) is 3.86. The number of carbonyl (C=O) groups is 3. The lowest BCUT2D eigenvalue weighted by atomic mass is 9.96. The summed E-state index contributed by atoms with van der Waals surface area (Å²) in [6.07, 6.45) is 1.76. The number of hydrogen-bond donors (Lipinski definition) is 0. The van der Waals surface area contributed by atoms with Crippen molar-refractivity contribution in [2.75, 3.05) is 24.6 Å². The number of likely N-dealkylation sites (tertiary alicyclic amines) is 1. The molecule has 1 aromatic rings. The first-order valence-electron chi connectivity index (χ1n) is 9.27. The summed E-state index contributed by atoms with van der Waals surface area (Å²) in [5.41, 5.74) is 2.58. The predicted molar refractivity (Wildman–Crippen MR) is 97.7 cm³/mol. The van der Waals surface area contributed by atoms with E-state index in [2.05, 4.69) is 0 Å². The van der Waals surface area contributed by atoms with Crippen molar-refractivity contribution in [1.82, 2.24) is 4.90 Å². The van der Waals surface area contributed by atoms with E-state index in [9.17, 15) is 14.4 Å². The molecule has 2 aliphatic heterocycles. The molecule has 140 valence electrons. The van der Waals surface area contributed by atoms with Crippen LogP contribution >= 0.6 is 0 Å². The fourth-order valence-electron chi connectivity index (χ4n) is 3.86. The third-order valence-corrected chi connectivity index (χ3v) is 5.24. The molecule has 2 fully saturated rings. The van der Waals surface area contributed by atoms with E-state index in [1.54, 1.807) is 6.92 Å². The van der Waals surface area contributed by atoms with Gasteiger partial charge in [0.2, 0.25) is 5.91 Å². The van der Waals surface area contributed by atoms with Crippen LogP contribution in [0.5, 0.6) is 0 Å². The molecular formula is C20H26N2O4. The van der Waals surface area contributed by atoms with Gasteiger partial charge in [-0.25, -0.2) is 4.90 Å². The zero-order valence-corrected chi connectivity index (χ0v) is 15.7. The van der Waals surface area contributed by atoms with Gasteiger partial charge in [-0.05, 0) is 57.4 Å². The number of anilines is 1. The van der Waals surface area contributed by atoms with E-state index >= 15 is 0 Å². The average Bonchev–Trinajstić information content (AvgIpc) is 2.92. The van der Waals surface area contributed by atoms with Crippen molar-refractivity contribution in [3.8, 4) is 0 Å². The Bertz CT molecular complexity index is 731. The standard InChI is InChI=1S/C20H26N2O4/c1-4-26-20(25)15-6-5-9-21(12-15)17-11-18(23)22(19(17)24)16-10-13(2)7-8-14(16)3/h7-8,10,15,17H,4-6,9,11-12H2,1-3H3. The normalized spacial score (nSPS) is 24.2. The topological polar surface area (TPSA) is 66.9 Å². The molecule has 2 amide bonds. The van der Waals surface area contributed by atoms with Crippen LogP contribution in [0.15, 0.2) is 18.2 Å². The molecule has 1 aromatic carbocycles. The molecule has 3 rings (SSSR count). The number of aryl methyl sites for hydroxylation is 2. The molecule has 2 unspecified atom stereocenters. The highest BCUT2D eigenvalue weighted by atomic mass is 16.5. The average molecular weight is 358 g/mol. The number of esters is 1.